The van der Waals surface area contributed by atoms with Crippen molar-refractivity contribution in [3.05, 3.63) is 36.3 Å². The smallest absolute Gasteiger partial charge is 0.168 e. The minimum absolute atomic E-state index is 0.145. The molecule has 0 radical (unpaired) electrons. The number of hydrogen-bond donors (Lipinski definition) is 1. The fourth-order valence-electron chi connectivity index (χ4n) is 2.27. The van der Waals surface area contributed by atoms with E-state index in [0.29, 0.717) is 5.76 Å². The van der Waals surface area contributed by atoms with E-state index in [9.17, 15) is 5.11 Å². The van der Waals surface area contributed by atoms with Gasteiger partial charge in [0.2, 0.25) is 0 Å². The van der Waals surface area contributed by atoms with Crippen LogP contribution in [0.15, 0.2) is 35.1 Å². The van der Waals surface area contributed by atoms with Gasteiger partial charge in [0.25, 0.3) is 0 Å². The van der Waals surface area contributed by atoms with Crippen LogP contribution in [-0.4, -0.2) is 21.9 Å². The topological polar surface area (TPSA) is 59.2 Å². The zero-order chi connectivity index (χ0) is 11.7. The first-order valence-electron chi connectivity index (χ1n) is 5.82. The summed E-state index contributed by atoms with van der Waals surface area (Å²) >= 11 is 0. The molecule has 1 fully saturated rings. The van der Waals surface area contributed by atoms with Gasteiger partial charge in [-0.05, 0) is 25.0 Å². The van der Waals surface area contributed by atoms with E-state index in [2.05, 4.69) is 10.1 Å². The highest BCUT2D eigenvalue weighted by Crippen LogP contribution is 2.43. The van der Waals surface area contributed by atoms with Gasteiger partial charge >= 0.3 is 0 Å². The summed E-state index contributed by atoms with van der Waals surface area (Å²) in [7, 11) is 0. The van der Waals surface area contributed by atoms with Crippen LogP contribution >= 0.6 is 0 Å². The van der Waals surface area contributed by atoms with E-state index in [-0.39, 0.29) is 12.0 Å². The molecule has 1 aliphatic carbocycles. The van der Waals surface area contributed by atoms with E-state index >= 15 is 0 Å². The molecule has 3 rings (SSSR count). The highest BCUT2D eigenvalue weighted by molar-refractivity contribution is 5.56. The van der Waals surface area contributed by atoms with E-state index in [4.69, 9.17) is 4.52 Å². The first kappa shape index (κ1) is 10.5. The van der Waals surface area contributed by atoms with Crippen molar-refractivity contribution in [2.24, 2.45) is 0 Å². The van der Waals surface area contributed by atoms with E-state index in [1.807, 2.05) is 18.2 Å². The molecular formula is C13H14N2O2. The fraction of sp³-hybridized carbons (Fsp3) is 0.385. The normalized spacial score (nSPS) is 17.7. The van der Waals surface area contributed by atoms with Gasteiger partial charge in [0, 0.05) is 29.4 Å². The number of pyridine rings is 1. The first-order valence-corrected chi connectivity index (χ1v) is 5.82. The second kappa shape index (κ2) is 3.96. The summed E-state index contributed by atoms with van der Waals surface area (Å²) in [5, 5.41) is 13.6. The quantitative estimate of drug-likeness (QED) is 0.877. The lowest BCUT2D eigenvalue weighted by Gasteiger charge is -2.38. The van der Waals surface area contributed by atoms with Crippen LogP contribution < -0.4 is 0 Å². The zero-order valence-electron chi connectivity index (χ0n) is 9.47. The van der Waals surface area contributed by atoms with Gasteiger partial charge in [0.15, 0.2) is 5.76 Å². The molecule has 17 heavy (non-hydrogen) atoms. The molecule has 4 heteroatoms. The molecule has 0 unspecified atom stereocenters. The third-order valence-corrected chi connectivity index (χ3v) is 3.61. The summed E-state index contributed by atoms with van der Waals surface area (Å²) in [6.45, 7) is 0.145. The molecule has 0 bridgehead atoms. The summed E-state index contributed by atoms with van der Waals surface area (Å²) < 4.78 is 5.33. The molecule has 4 nitrogen and oxygen atoms in total. The molecule has 2 aromatic heterocycles. The third kappa shape index (κ3) is 1.65. The monoisotopic (exact) mass is 230 g/mol. The Labute approximate surface area is 99.3 Å². The maximum atomic E-state index is 9.48. The molecule has 0 aliphatic heterocycles. The van der Waals surface area contributed by atoms with Crippen molar-refractivity contribution in [3.8, 4) is 11.3 Å². The Kier molecular flexibility index (Phi) is 2.44. The SMILES string of the molecule is OCC1(c2cc(-c3cccnc3)on2)CCC1. The average molecular weight is 230 g/mol. The van der Waals surface area contributed by atoms with E-state index < -0.39 is 0 Å². The van der Waals surface area contributed by atoms with Crippen LogP contribution in [0.25, 0.3) is 11.3 Å². The summed E-state index contributed by atoms with van der Waals surface area (Å²) in [5.74, 6) is 0.716. The molecule has 1 aliphatic rings. The molecular weight excluding hydrogens is 216 g/mol. The largest absolute Gasteiger partial charge is 0.395 e. The van der Waals surface area contributed by atoms with Crippen molar-refractivity contribution in [1.29, 1.82) is 0 Å². The van der Waals surface area contributed by atoms with Gasteiger partial charge in [-0.1, -0.05) is 11.6 Å². The second-order valence-electron chi connectivity index (χ2n) is 4.61. The summed E-state index contributed by atoms with van der Waals surface area (Å²) in [4.78, 5) is 4.05. The Balaban J connectivity index is 1.93. The number of nitrogens with zero attached hydrogens (tertiary/aromatic N) is 2. The second-order valence-corrected chi connectivity index (χ2v) is 4.61. The molecule has 0 amide bonds. The van der Waals surface area contributed by atoms with Crippen LogP contribution in [0, 0.1) is 0 Å². The van der Waals surface area contributed by atoms with Gasteiger partial charge in [-0.2, -0.15) is 0 Å². The van der Waals surface area contributed by atoms with E-state index in [1.54, 1.807) is 12.4 Å². The van der Waals surface area contributed by atoms with E-state index in [1.165, 1.54) is 0 Å². The maximum absolute atomic E-state index is 9.48. The highest BCUT2D eigenvalue weighted by atomic mass is 16.5. The predicted molar refractivity (Wildman–Crippen MR) is 62.3 cm³/mol. The minimum Gasteiger partial charge on any atom is -0.395 e. The number of rotatable bonds is 3. The van der Waals surface area contributed by atoms with Crippen molar-refractivity contribution < 1.29 is 9.63 Å². The molecule has 0 spiro atoms. The van der Waals surface area contributed by atoms with Gasteiger partial charge < -0.3 is 9.63 Å². The molecule has 0 saturated heterocycles. The van der Waals surface area contributed by atoms with Crippen LogP contribution in [0.2, 0.25) is 0 Å². The summed E-state index contributed by atoms with van der Waals surface area (Å²) in [6.07, 6.45) is 6.60. The predicted octanol–water partition coefficient (Wildman–Crippen LogP) is 2.15. The molecule has 88 valence electrons. The lowest BCUT2D eigenvalue weighted by Crippen LogP contribution is -2.38. The van der Waals surface area contributed by atoms with E-state index in [0.717, 1.165) is 30.5 Å². The van der Waals surface area contributed by atoms with Crippen molar-refractivity contribution in [3.63, 3.8) is 0 Å². The minimum atomic E-state index is -0.163. The molecule has 2 aromatic rings. The number of aliphatic hydroxyl groups is 1. The number of aromatic nitrogens is 2. The number of hydrogen-bond acceptors (Lipinski definition) is 4. The Morgan fingerprint density at radius 2 is 2.29 bits per heavy atom. The molecule has 1 saturated carbocycles. The Morgan fingerprint density at radius 3 is 2.88 bits per heavy atom. The van der Waals surface area contributed by atoms with Crippen LogP contribution in [0.5, 0.6) is 0 Å². The fourth-order valence-corrected chi connectivity index (χ4v) is 2.27. The van der Waals surface area contributed by atoms with Crippen LogP contribution in [0.4, 0.5) is 0 Å². The molecule has 0 atom stereocenters. The lowest BCUT2D eigenvalue weighted by atomic mass is 9.67. The molecule has 0 aromatic carbocycles. The van der Waals surface area contributed by atoms with Crippen molar-refractivity contribution in [2.75, 3.05) is 6.61 Å². The van der Waals surface area contributed by atoms with Gasteiger partial charge in [-0.25, -0.2) is 0 Å². The van der Waals surface area contributed by atoms with Gasteiger partial charge in [-0.15, -0.1) is 0 Å². The van der Waals surface area contributed by atoms with Crippen LogP contribution in [0.3, 0.4) is 0 Å². The average Bonchev–Trinajstić information content (AvgIpc) is 2.80. The standard InChI is InChI=1S/C13H14N2O2/c16-9-13(4-2-5-13)12-7-11(17-15-12)10-3-1-6-14-8-10/h1,3,6-8,16H,2,4-5,9H2. The van der Waals surface area contributed by atoms with Gasteiger partial charge in [-0.3, -0.25) is 4.98 Å². The van der Waals surface area contributed by atoms with Crippen molar-refractivity contribution in [2.45, 2.75) is 24.7 Å². The first-order chi connectivity index (χ1) is 8.34. The summed E-state index contributed by atoms with van der Waals surface area (Å²) in [6, 6.07) is 5.72. The van der Waals surface area contributed by atoms with Gasteiger partial charge in [0.05, 0.1) is 12.3 Å². The molecule has 1 N–H and O–H groups in total. The maximum Gasteiger partial charge on any atom is 0.168 e. The van der Waals surface area contributed by atoms with Crippen LogP contribution in [-0.2, 0) is 5.41 Å². The summed E-state index contributed by atoms with van der Waals surface area (Å²) in [5.41, 5.74) is 1.62. The Hall–Kier alpha value is -1.68. The third-order valence-electron chi connectivity index (χ3n) is 3.61. The highest BCUT2D eigenvalue weighted by Gasteiger charge is 2.40. The lowest BCUT2D eigenvalue weighted by molar-refractivity contribution is 0.113. The van der Waals surface area contributed by atoms with Crippen molar-refractivity contribution >= 4 is 0 Å². The molecule has 2 heterocycles. The number of aliphatic hydroxyl groups excluding tert-OH is 1. The Morgan fingerprint density at radius 1 is 1.41 bits per heavy atom. The van der Waals surface area contributed by atoms with Crippen LogP contribution in [0.1, 0.15) is 25.0 Å². The zero-order valence-corrected chi connectivity index (χ0v) is 9.47. The van der Waals surface area contributed by atoms with Crippen molar-refractivity contribution in [1.82, 2.24) is 10.1 Å². The Bertz CT molecular complexity index is 498. The van der Waals surface area contributed by atoms with Gasteiger partial charge in [0.1, 0.15) is 0 Å².